The minimum atomic E-state index is -1.21. The highest BCUT2D eigenvalue weighted by Crippen LogP contribution is 2.35. The molecular formula is C20H18FN5O5. The molecule has 0 aliphatic carbocycles. The van der Waals surface area contributed by atoms with Gasteiger partial charge in [-0.25, -0.2) is 14.2 Å². The third-order valence-electron chi connectivity index (χ3n) is 4.44. The summed E-state index contributed by atoms with van der Waals surface area (Å²) in [5.74, 6) is -0.924. The van der Waals surface area contributed by atoms with Gasteiger partial charge >= 0.3 is 5.97 Å². The van der Waals surface area contributed by atoms with Crippen molar-refractivity contribution < 1.29 is 23.8 Å². The van der Waals surface area contributed by atoms with Gasteiger partial charge in [0.05, 0.1) is 12.2 Å². The molecule has 5 N–H and O–H groups in total. The maximum Gasteiger partial charge on any atom is 0.341 e. The summed E-state index contributed by atoms with van der Waals surface area (Å²) in [5, 5.41) is 8.76. The number of nitrogens with zero attached hydrogens (tertiary/aromatic N) is 1. The van der Waals surface area contributed by atoms with Crippen molar-refractivity contribution in [3.05, 3.63) is 52.6 Å². The fourth-order valence-electron chi connectivity index (χ4n) is 3.07. The Morgan fingerprint density at radius 2 is 1.84 bits per heavy atom. The summed E-state index contributed by atoms with van der Waals surface area (Å²) in [6.07, 6.45) is 0. The summed E-state index contributed by atoms with van der Waals surface area (Å²) in [4.78, 5) is 30.1. The molecule has 160 valence electrons. The van der Waals surface area contributed by atoms with E-state index in [0.717, 1.165) is 0 Å². The van der Waals surface area contributed by atoms with E-state index in [0.29, 0.717) is 40.7 Å². The van der Waals surface area contributed by atoms with Crippen molar-refractivity contribution in [3.8, 4) is 34.0 Å². The van der Waals surface area contributed by atoms with Crippen LogP contribution < -0.4 is 31.4 Å². The summed E-state index contributed by atoms with van der Waals surface area (Å²) in [7, 11) is 0. The van der Waals surface area contributed by atoms with Crippen LogP contribution in [-0.4, -0.2) is 34.3 Å². The Labute approximate surface area is 175 Å². The van der Waals surface area contributed by atoms with Crippen molar-refractivity contribution in [2.24, 2.45) is 0 Å². The van der Waals surface area contributed by atoms with Crippen LogP contribution in [0.25, 0.3) is 22.5 Å². The minimum absolute atomic E-state index is 0.169. The molecule has 31 heavy (non-hydrogen) atoms. The number of hydrogen-bond donors (Lipinski definition) is 5. The Hall–Kier alpha value is -4.12. The van der Waals surface area contributed by atoms with Gasteiger partial charge in [-0.2, -0.15) is 0 Å². The van der Waals surface area contributed by atoms with Gasteiger partial charge in [-0.15, -0.1) is 5.53 Å². The van der Waals surface area contributed by atoms with E-state index in [4.69, 9.17) is 14.6 Å². The summed E-state index contributed by atoms with van der Waals surface area (Å²) in [6.45, 7) is 1.53. The zero-order valence-electron chi connectivity index (χ0n) is 16.3. The highest BCUT2D eigenvalue weighted by molar-refractivity contribution is 5.76. The largest absolute Gasteiger partial charge is 0.493 e. The van der Waals surface area contributed by atoms with Gasteiger partial charge in [0.1, 0.15) is 11.6 Å². The lowest BCUT2D eigenvalue weighted by molar-refractivity contribution is -0.139. The molecule has 11 heteroatoms. The van der Waals surface area contributed by atoms with Gasteiger partial charge < -0.3 is 19.6 Å². The number of hydrogen-bond acceptors (Lipinski definition) is 8. The van der Waals surface area contributed by atoms with E-state index in [-0.39, 0.29) is 17.0 Å². The van der Waals surface area contributed by atoms with Crippen LogP contribution in [0.2, 0.25) is 0 Å². The standard InChI is InChI=1S/C20H18FN5O5/c1-2-30-14-7-10(11-4-6-13(21)15(8-11)31-9-16(27)28)3-5-12(14)18-22-19-17(20(29)23-18)24-26-25-19/h3-8,24,26H,2,9H2,1H3,(H,27,28)(H2,22,23,25,29). The minimum Gasteiger partial charge on any atom is -0.493 e. The number of carboxylic acid groups (broad SMARTS) is 1. The van der Waals surface area contributed by atoms with Gasteiger partial charge in [0.2, 0.25) is 0 Å². The molecule has 0 amide bonds. The number of aliphatic carboxylic acids is 1. The lowest BCUT2D eigenvalue weighted by Crippen LogP contribution is -2.21. The second kappa shape index (κ2) is 8.32. The van der Waals surface area contributed by atoms with Crippen LogP contribution in [-0.2, 0) is 4.79 Å². The summed E-state index contributed by atoms with van der Waals surface area (Å²) < 4.78 is 24.7. The normalized spacial score (nSPS) is 11.9. The second-order valence-electron chi connectivity index (χ2n) is 6.48. The van der Waals surface area contributed by atoms with Crippen molar-refractivity contribution in [2.45, 2.75) is 6.92 Å². The first kappa shape index (κ1) is 20.2. The summed E-state index contributed by atoms with van der Waals surface area (Å²) in [6, 6.07) is 9.37. The molecule has 1 aliphatic heterocycles. The van der Waals surface area contributed by atoms with Gasteiger partial charge in [0.15, 0.2) is 29.7 Å². The first-order valence-electron chi connectivity index (χ1n) is 9.29. The van der Waals surface area contributed by atoms with Crippen LogP contribution in [0.4, 0.5) is 15.9 Å². The SMILES string of the molecule is CCOc1cc(-c2ccc(F)c(OCC(=O)O)c2)ccc1-c1nc2c(c(=O)[nH]1)NNN2. The first-order valence-corrected chi connectivity index (χ1v) is 9.29. The van der Waals surface area contributed by atoms with E-state index in [1.165, 1.54) is 12.1 Å². The smallest absolute Gasteiger partial charge is 0.341 e. The number of benzene rings is 2. The lowest BCUT2D eigenvalue weighted by Gasteiger charge is -2.13. The number of halogens is 1. The molecule has 3 aromatic rings. The van der Waals surface area contributed by atoms with E-state index in [1.807, 2.05) is 6.92 Å². The number of fused-ring (bicyclic) bond motifs is 1. The lowest BCUT2D eigenvalue weighted by atomic mass is 10.0. The van der Waals surface area contributed by atoms with E-state index < -0.39 is 18.4 Å². The quantitative estimate of drug-likeness (QED) is 0.385. The molecule has 0 atom stereocenters. The average Bonchev–Trinajstić information content (AvgIpc) is 3.22. The molecule has 2 aromatic carbocycles. The van der Waals surface area contributed by atoms with Crippen molar-refractivity contribution in [1.29, 1.82) is 0 Å². The van der Waals surface area contributed by atoms with Crippen molar-refractivity contribution in [3.63, 3.8) is 0 Å². The number of rotatable bonds is 7. The first-order chi connectivity index (χ1) is 15.0. The Morgan fingerprint density at radius 3 is 2.58 bits per heavy atom. The maximum absolute atomic E-state index is 14.0. The predicted molar refractivity (Wildman–Crippen MR) is 110 cm³/mol. The number of nitrogens with one attached hydrogen (secondary N) is 4. The molecule has 0 saturated heterocycles. The number of aromatic nitrogens is 2. The van der Waals surface area contributed by atoms with Crippen LogP contribution in [0.5, 0.6) is 11.5 Å². The summed E-state index contributed by atoms with van der Waals surface area (Å²) >= 11 is 0. The van der Waals surface area contributed by atoms with E-state index in [1.54, 1.807) is 24.3 Å². The van der Waals surface area contributed by atoms with Crippen molar-refractivity contribution in [2.75, 3.05) is 24.1 Å². The number of aromatic amines is 1. The zero-order chi connectivity index (χ0) is 22.0. The van der Waals surface area contributed by atoms with Gasteiger partial charge in [-0.1, -0.05) is 12.1 Å². The van der Waals surface area contributed by atoms with Gasteiger partial charge in [-0.05, 0) is 42.3 Å². The molecular weight excluding hydrogens is 409 g/mol. The van der Waals surface area contributed by atoms with Crippen LogP contribution >= 0.6 is 0 Å². The second-order valence-corrected chi connectivity index (χ2v) is 6.48. The molecule has 1 aliphatic rings. The number of ether oxygens (including phenoxy) is 2. The highest BCUT2D eigenvalue weighted by atomic mass is 19.1. The topological polar surface area (TPSA) is 138 Å². The third kappa shape index (κ3) is 4.12. The molecule has 0 radical (unpaired) electrons. The molecule has 0 bridgehead atoms. The zero-order valence-corrected chi connectivity index (χ0v) is 16.3. The van der Waals surface area contributed by atoms with Crippen LogP contribution in [0, 0.1) is 5.82 Å². The molecule has 0 unspecified atom stereocenters. The maximum atomic E-state index is 14.0. The molecule has 0 fully saturated rings. The van der Waals surface area contributed by atoms with Gasteiger partial charge in [0.25, 0.3) is 5.56 Å². The van der Waals surface area contributed by atoms with Crippen LogP contribution in [0.1, 0.15) is 6.92 Å². The monoisotopic (exact) mass is 427 g/mol. The number of carbonyl (C=O) groups is 1. The number of hydrazine groups is 2. The Morgan fingerprint density at radius 1 is 1.10 bits per heavy atom. The summed E-state index contributed by atoms with van der Waals surface area (Å²) in [5.41, 5.74) is 9.78. The van der Waals surface area contributed by atoms with E-state index >= 15 is 0 Å². The van der Waals surface area contributed by atoms with E-state index in [2.05, 4.69) is 26.4 Å². The number of anilines is 2. The Kier molecular flexibility index (Phi) is 5.41. The number of carboxylic acids is 1. The van der Waals surface area contributed by atoms with E-state index in [9.17, 15) is 14.0 Å². The van der Waals surface area contributed by atoms with Crippen molar-refractivity contribution >= 4 is 17.5 Å². The van der Waals surface area contributed by atoms with Gasteiger partial charge in [-0.3, -0.25) is 15.6 Å². The molecule has 2 heterocycles. The fraction of sp³-hybridized carbons (Fsp3) is 0.150. The molecule has 1 aromatic heterocycles. The van der Waals surface area contributed by atoms with Gasteiger partial charge in [0, 0.05) is 0 Å². The Balaban J connectivity index is 1.73. The fourth-order valence-corrected chi connectivity index (χ4v) is 3.07. The third-order valence-corrected chi connectivity index (χ3v) is 4.44. The highest BCUT2D eigenvalue weighted by Gasteiger charge is 2.19. The molecule has 10 nitrogen and oxygen atoms in total. The number of H-pyrrole nitrogens is 1. The molecule has 4 rings (SSSR count). The van der Waals surface area contributed by atoms with Crippen LogP contribution in [0.15, 0.2) is 41.2 Å². The molecule has 0 spiro atoms. The predicted octanol–water partition coefficient (Wildman–Crippen LogP) is 2.36. The van der Waals surface area contributed by atoms with Crippen molar-refractivity contribution in [1.82, 2.24) is 15.5 Å². The van der Waals surface area contributed by atoms with Crippen LogP contribution in [0.3, 0.4) is 0 Å². The molecule has 0 saturated carbocycles. The average molecular weight is 427 g/mol. The Bertz CT molecular complexity index is 1210.